The SMILES string of the molecule is C[C@@H](CO)NC(=O)c1[nH]cnc1C(=O)Nc1cccc(Cl)c1. The number of carbonyl (C=O) groups is 2. The molecule has 4 N–H and O–H groups in total. The summed E-state index contributed by atoms with van der Waals surface area (Å²) in [6.45, 7) is 1.43. The third-order valence-electron chi connectivity index (χ3n) is 2.82. The van der Waals surface area contributed by atoms with Crippen molar-refractivity contribution in [2.45, 2.75) is 13.0 Å². The van der Waals surface area contributed by atoms with Crippen molar-refractivity contribution < 1.29 is 14.7 Å². The molecule has 0 aliphatic rings. The molecule has 0 bridgehead atoms. The summed E-state index contributed by atoms with van der Waals surface area (Å²) in [5.41, 5.74) is 0.484. The average Bonchev–Trinajstić information content (AvgIpc) is 2.96. The summed E-state index contributed by atoms with van der Waals surface area (Å²) < 4.78 is 0. The zero-order valence-corrected chi connectivity index (χ0v) is 12.5. The van der Waals surface area contributed by atoms with E-state index in [4.69, 9.17) is 16.7 Å². The summed E-state index contributed by atoms with van der Waals surface area (Å²) in [7, 11) is 0. The molecule has 0 unspecified atom stereocenters. The molecule has 0 fully saturated rings. The van der Waals surface area contributed by atoms with Gasteiger partial charge < -0.3 is 20.7 Å². The molecule has 2 aromatic rings. The first-order valence-electron chi connectivity index (χ1n) is 6.53. The van der Waals surface area contributed by atoms with Crippen molar-refractivity contribution in [3.63, 3.8) is 0 Å². The first kappa shape index (κ1) is 16.0. The van der Waals surface area contributed by atoms with Gasteiger partial charge in [0.25, 0.3) is 11.8 Å². The number of hydrogen-bond acceptors (Lipinski definition) is 4. The topological polar surface area (TPSA) is 107 Å². The lowest BCUT2D eigenvalue weighted by Crippen LogP contribution is -2.36. The highest BCUT2D eigenvalue weighted by Gasteiger charge is 2.21. The van der Waals surface area contributed by atoms with Gasteiger partial charge in [0, 0.05) is 16.8 Å². The molecular weight excluding hydrogens is 308 g/mol. The minimum atomic E-state index is -0.537. The van der Waals surface area contributed by atoms with Crippen LogP contribution >= 0.6 is 11.6 Å². The van der Waals surface area contributed by atoms with E-state index in [2.05, 4.69) is 20.6 Å². The third-order valence-corrected chi connectivity index (χ3v) is 3.05. The molecule has 0 saturated carbocycles. The molecule has 0 spiro atoms. The number of carbonyl (C=O) groups excluding carboxylic acids is 2. The summed E-state index contributed by atoms with van der Waals surface area (Å²) in [5, 5.41) is 14.6. The number of benzene rings is 1. The first-order valence-corrected chi connectivity index (χ1v) is 6.91. The van der Waals surface area contributed by atoms with Crippen LogP contribution in [0.1, 0.15) is 27.9 Å². The monoisotopic (exact) mass is 322 g/mol. The Morgan fingerprint density at radius 3 is 2.86 bits per heavy atom. The van der Waals surface area contributed by atoms with Gasteiger partial charge in [-0.25, -0.2) is 4.98 Å². The van der Waals surface area contributed by atoms with Crippen LogP contribution in [-0.4, -0.2) is 39.5 Å². The number of anilines is 1. The van der Waals surface area contributed by atoms with Gasteiger partial charge in [-0.3, -0.25) is 9.59 Å². The zero-order chi connectivity index (χ0) is 16.1. The number of halogens is 1. The fourth-order valence-corrected chi connectivity index (χ4v) is 1.93. The van der Waals surface area contributed by atoms with E-state index in [0.717, 1.165) is 0 Å². The lowest BCUT2D eigenvalue weighted by atomic mass is 10.2. The molecular formula is C14H15ClN4O3. The van der Waals surface area contributed by atoms with Gasteiger partial charge in [0.1, 0.15) is 5.69 Å². The van der Waals surface area contributed by atoms with Crippen LogP contribution < -0.4 is 10.6 Å². The van der Waals surface area contributed by atoms with E-state index in [-0.39, 0.29) is 18.0 Å². The highest BCUT2D eigenvalue weighted by Crippen LogP contribution is 2.16. The molecule has 1 atom stereocenters. The minimum absolute atomic E-state index is 0.0276. The number of aromatic amines is 1. The highest BCUT2D eigenvalue weighted by molar-refractivity contribution is 6.31. The molecule has 1 aromatic carbocycles. The Bertz CT molecular complexity index is 686. The number of amides is 2. The van der Waals surface area contributed by atoms with Crippen LogP contribution in [-0.2, 0) is 0 Å². The van der Waals surface area contributed by atoms with Crippen molar-refractivity contribution in [1.82, 2.24) is 15.3 Å². The number of aliphatic hydroxyl groups is 1. The fraction of sp³-hybridized carbons (Fsp3) is 0.214. The molecule has 7 nitrogen and oxygen atoms in total. The lowest BCUT2D eigenvalue weighted by Gasteiger charge is -2.10. The number of rotatable bonds is 5. The number of nitrogens with zero attached hydrogens (tertiary/aromatic N) is 1. The second kappa shape index (κ2) is 7.06. The maximum Gasteiger partial charge on any atom is 0.276 e. The van der Waals surface area contributed by atoms with Crippen LogP contribution in [0.3, 0.4) is 0 Å². The van der Waals surface area contributed by atoms with Crippen LogP contribution in [0.2, 0.25) is 5.02 Å². The summed E-state index contributed by atoms with van der Waals surface area (Å²) in [6, 6.07) is 6.20. The van der Waals surface area contributed by atoms with Gasteiger partial charge in [-0.1, -0.05) is 17.7 Å². The average molecular weight is 323 g/mol. The van der Waals surface area contributed by atoms with Crippen LogP contribution in [0.15, 0.2) is 30.6 Å². The van der Waals surface area contributed by atoms with Gasteiger partial charge in [0.15, 0.2) is 5.69 Å². The number of imidazole rings is 1. The molecule has 0 aliphatic carbocycles. The van der Waals surface area contributed by atoms with Gasteiger partial charge >= 0.3 is 0 Å². The Hall–Kier alpha value is -2.38. The van der Waals surface area contributed by atoms with E-state index in [1.165, 1.54) is 6.33 Å². The van der Waals surface area contributed by atoms with Crippen molar-refractivity contribution >= 4 is 29.1 Å². The van der Waals surface area contributed by atoms with Crippen molar-refractivity contribution in [3.05, 3.63) is 47.0 Å². The van der Waals surface area contributed by atoms with E-state index in [1.54, 1.807) is 31.2 Å². The predicted octanol–water partition coefficient (Wildman–Crippen LogP) is 1.43. The summed E-state index contributed by atoms with van der Waals surface area (Å²) in [4.78, 5) is 30.7. The molecule has 0 radical (unpaired) electrons. The Morgan fingerprint density at radius 1 is 1.41 bits per heavy atom. The maximum atomic E-state index is 12.2. The van der Waals surface area contributed by atoms with Gasteiger partial charge in [0.05, 0.1) is 12.9 Å². The van der Waals surface area contributed by atoms with E-state index in [0.29, 0.717) is 10.7 Å². The van der Waals surface area contributed by atoms with Crippen molar-refractivity contribution in [2.75, 3.05) is 11.9 Å². The summed E-state index contributed by atoms with van der Waals surface area (Å²) in [5.74, 6) is -1.05. The molecule has 1 aromatic heterocycles. The fourth-order valence-electron chi connectivity index (χ4n) is 1.74. The Morgan fingerprint density at radius 2 is 2.18 bits per heavy atom. The Kier molecular flexibility index (Phi) is 5.13. The second-order valence-electron chi connectivity index (χ2n) is 4.65. The first-order chi connectivity index (χ1) is 10.5. The molecule has 22 heavy (non-hydrogen) atoms. The normalized spacial score (nSPS) is 11.8. The Labute approximate surface area is 131 Å². The van der Waals surface area contributed by atoms with Crippen LogP contribution in [0.4, 0.5) is 5.69 Å². The number of aliphatic hydroxyl groups excluding tert-OH is 1. The molecule has 0 saturated heterocycles. The number of nitrogens with one attached hydrogen (secondary N) is 3. The van der Waals surface area contributed by atoms with Crippen LogP contribution in [0.5, 0.6) is 0 Å². The third kappa shape index (κ3) is 3.84. The number of H-pyrrole nitrogens is 1. The molecule has 2 amide bonds. The summed E-state index contributed by atoms with van der Waals surface area (Å²) in [6.07, 6.45) is 1.26. The van der Waals surface area contributed by atoms with Gasteiger partial charge in [-0.05, 0) is 25.1 Å². The van der Waals surface area contributed by atoms with E-state index in [1.807, 2.05) is 0 Å². The van der Waals surface area contributed by atoms with E-state index in [9.17, 15) is 9.59 Å². The second-order valence-corrected chi connectivity index (χ2v) is 5.08. The smallest absolute Gasteiger partial charge is 0.276 e. The standard InChI is InChI=1S/C14H15ClN4O3/c1-8(6-20)18-13(21)11-12(17-7-16-11)14(22)19-10-4-2-3-9(15)5-10/h2-5,7-8,20H,6H2,1H3,(H,16,17)(H,18,21)(H,19,22)/t8-/m0/s1. The van der Waals surface area contributed by atoms with Crippen molar-refractivity contribution in [3.8, 4) is 0 Å². The van der Waals surface area contributed by atoms with Crippen LogP contribution in [0.25, 0.3) is 0 Å². The van der Waals surface area contributed by atoms with Gasteiger partial charge in [-0.15, -0.1) is 0 Å². The maximum absolute atomic E-state index is 12.2. The molecule has 116 valence electrons. The minimum Gasteiger partial charge on any atom is -0.394 e. The van der Waals surface area contributed by atoms with E-state index < -0.39 is 17.9 Å². The van der Waals surface area contributed by atoms with Gasteiger partial charge in [-0.2, -0.15) is 0 Å². The van der Waals surface area contributed by atoms with Crippen molar-refractivity contribution in [1.29, 1.82) is 0 Å². The van der Waals surface area contributed by atoms with Crippen molar-refractivity contribution in [2.24, 2.45) is 0 Å². The molecule has 0 aliphatic heterocycles. The largest absolute Gasteiger partial charge is 0.394 e. The van der Waals surface area contributed by atoms with Crippen LogP contribution in [0, 0.1) is 0 Å². The van der Waals surface area contributed by atoms with E-state index >= 15 is 0 Å². The highest BCUT2D eigenvalue weighted by atomic mass is 35.5. The Balaban J connectivity index is 2.14. The number of hydrogen-bond donors (Lipinski definition) is 4. The molecule has 2 rings (SSSR count). The van der Waals surface area contributed by atoms with Gasteiger partial charge in [0.2, 0.25) is 0 Å². The predicted molar refractivity (Wildman–Crippen MR) is 82.0 cm³/mol. The zero-order valence-electron chi connectivity index (χ0n) is 11.8. The number of aromatic nitrogens is 2. The molecule has 1 heterocycles. The molecule has 8 heteroatoms. The lowest BCUT2D eigenvalue weighted by molar-refractivity contribution is 0.0907. The summed E-state index contributed by atoms with van der Waals surface area (Å²) >= 11 is 5.85. The quantitative estimate of drug-likeness (QED) is 0.668.